The number of hydrogen-bond donors (Lipinski definition) is 1. The number of amides is 1. The predicted octanol–water partition coefficient (Wildman–Crippen LogP) is 3.45. The van der Waals surface area contributed by atoms with Crippen molar-refractivity contribution < 1.29 is 9.53 Å². The molecule has 2 fully saturated rings. The van der Waals surface area contributed by atoms with Crippen molar-refractivity contribution in [3.8, 4) is 0 Å². The molecule has 0 unspecified atom stereocenters. The summed E-state index contributed by atoms with van der Waals surface area (Å²) in [4.78, 5) is 23.3. The SMILES string of the molecule is C[C@@H]1CCCC[C@H]1OCCNC(=O)c1nc(N2CCCCC2)ncc1Cl. The number of nitrogens with one attached hydrogen (secondary N) is 1. The van der Waals surface area contributed by atoms with Crippen molar-refractivity contribution >= 4 is 23.5 Å². The Kier molecular flexibility index (Phi) is 7.08. The Hall–Kier alpha value is -1.40. The van der Waals surface area contributed by atoms with Crippen molar-refractivity contribution in [3.05, 3.63) is 16.9 Å². The van der Waals surface area contributed by atoms with Crippen molar-refractivity contribution in [1.29, 1.82) is 0 Å². The van der Waals surface area contributed by atoms with Gasteiger partial charge in [0.15, 0.2) is 5.69 Å². The van der Waals surface area contributed by atoms with E-state index in [2.05, 4.69) is 27.1 Å². The maximum Gasteiger partial charge on any atom is 0.271 e. The molecule has 2 atom stereocenters. The molecule has 1 saturated carbocycles. The second kappa shape index (κ2) is 9.51. The molecule has 1 aliphatic heterocycles. The van der Waals surface area contributed by atoms with Gasteiger partial charge in [0.05, 0.1) is 23.9 Å². The average Bonchev–Trinajstić information content (AvgIpc) is 2.67. The smallest absolute Gasteiger partial charge is 0.271 e. The highest BCUT2D eigenvalue weighted by atomic mass is 35.5. The highest BCUT2D eigenvalue weighted by Gasteiger charge is 2.22. The zero-order valence-corrected chi connectivity index (χ0v) is 16.3. The number of carbonyl (C=O) groups is 1. The Balaban J connectivity index is 1.50. The lowest BCUT2D eigenvalue weighted by Crippen LogP contribution is -2.34. The van der Waals surface area contributed by atoms with Gasteiger partial charge in [0.25, 0.3) is 5.91 Å². The zero-order chi connectivity index (χ0) is 18.4. The molecular formula is C19H29ClN4O2. The average molecular weight is 381 g/mol. The number of hydrogen-bond acceptors (Lipinski definition) is 5. The molecule has 1 aromatic heterocycles. The summed E-state index contributed by atoms with van der Waals surface area (Å²) in [6.45, 7) is 5.07. The fraction of sp³-hybridized carbons (Fsp3) is 0.737. The first-order valence-electron chi connectivity index (χ1n) is 9.82. The Morgan fingerprint density at radius 3 is 2.81 bits per heavy atom. The fourth-order valence-electron chi connectivity index (χ4n) is 3.75. The van der Waals surface area contributed by atoms with Crippen molar-refractivity contribution in [2.75, 3.05) is 31.1 Å². The lowest BCUT2D eigenvalue weighted by molar-refractivity contribution is -0.00295. The van der Waals surface area contributed by atoms with Gasteiger partial charge in [-0.1, -0.05) is 31.4 Å². The number of nitrogens with zero attached hydrogens (tertiary/aromatic N) is 3. The standard InChI is InChI=1S/C19H29ClN4O2/c1-14-7-3-4-8-16(14)26-12-9-21-18(25)17-15(20)13-22-19(23-17)24-10-5-2-6-11-24/h13-14,16H,2-12H2,1H3,(H,21,25)/t14-,16-/m1/s1. The Morgan fingerprint density at radius 1 is 1.27 bits per heavy atom. The van der Waals surface area contributed by atoms with Gasteiger partial charge in [-0.3, -0.25) is 4.79 Å². The third kappa shape index (κ3) is 5.07. The second-order valence-corrected chi connectivity index (χ2v) is 7.75. The highest BCUT2D eigenvalue weighted by molar-refractivity contribution is 6.33. The normalized spacial score (nSPS) is 23.7. The van der Waals surface area contributed by atoms with Crippen LogP contribution in [0.1, 0.15) is 62.4 Å². The van der Waals surface area contributed by atoms with Crippen molar-refractivity contribution in [2.24, 2.45) is 5.92 Å². The van der Waals surface area contributed by atoms with Gasteiger partial charge < -0.3 is 15.0 Å². The van der Waals surface area contributed by atoms with Crippen LogP contribution in [0.5, 0.6) is 0 Å². The van der Waals surface area contributed by atoms with E-state index in [1.165, 1.54) is 31.9 Å². The molecule has 7 heteroatoms. The van der Waals surface area contributed by atoms with Crippen LogP contribution in [0.25, 0.3) is 0 Å². The van der Waals surface area contributed by atoms with Crippen LogP contribution in [0.2, 0.25) is 5.02 Å². The van der Waals surface area contributed by atoms with Crippen LogP contribution in [-0.2, 0) is 4.74 Å². The van der Waals surface area contributed by atoms with E-state index in [0.29, 0.717) is 31.1 Å². The van der Waals surface area contributed by atoms with E-state index in [-0.39, 0.29) is 16.6 Å². The molecule has 1 aromatic rings. The van der Waals surface area contributed by atoms with Crippen LogP contribution >= 0.6 is 11.6 Å². The molecule has 2 heterocycles. The fourth-order valence-corrected chi connectivity index (χ4v) is 3.93. The van der Waals surface area contributed by atoms with Crippen molar-refractivity contribution in [3.63, 3.8) is 0 Å². The molecule has 3 rings (SSSR count). The third-order valence-electron chi connectivity index (χ3n) is 5.34. The maximum absolute atomic E-state index is 12.5. The van der Waals surface area contributed by atoms with Gasteiger partial charge in [-0.25, -0.2) is 9.97 Å². The molecular weight excluding hydrogens is 352 g/mol. The summed E-state index contributed by atoms with van der Waals surface area (Å²) in [5.74, 6) is 0.922. The number of halogens is 1. The maximum atomic E-state index is 12.5. The van der Waals surface area contributed by atoms with E-state index < -0.39 is 0 Å². The molecule has 0 aromatic carbocycles. The van der Waals surface area contributed by atoms with Gasteiger partial charge >= 0.3 is 0 Å². The molecule has 0 bridgehead atoms. The lowest BCUT2D eigenvalue weighted by Gasteiger charge is -2.28. The van der Waals surface area contributed by atoms with Crippen LogP contribution in [0, 0.1) is 5.92 Å². The minimum Gasteiger partial charge on any atom is -0.376 e. The number of anilines is 1. The van der Waals surface area contributed by atoms with Gasteiger partial charge in [0.2, 0.25) is 5.95 Å². The predicted molar refractivity (Wildman–Crippen MR) is 103 cm³/mol. The van der Waals surface area contributed by atoms with Crippen LogP contribution in [0.3, 0.4) is 0 Å². The summed E-state index contributed by atoms with van der Waals surface area (Å²) in [5.41, 5.74) is 0.244. The number of piperidine rings is 1. The van der Waals surface area contributed by atoms with Crippen LogP contribution in [0.15, 0.2) is 6.20 Å². The van der Waals surface area contributed by atoms with Gasteiger partial charge in [0, 0.05) is 19.6 Å². The molecule has 1 N–H and O–H groups in total. The van der Waals surface area contributed by atoms with Gasteiger partial charge in [-0.05, 0) is 38.0 Å². The van der Waals surface area contributed by atoms with E-state index in [0.717, 1.165) is 32.4 Å². The Labute approximate surface area is 160 Å². The summed E-state index contributed by atoms with van der Waals surface area (Å²) in [7, 11) is 0. The Morgan fingerprint density at radius 2 is 2.04 bits per heavy atom. The second-order valence-electron chi connectivity index (χ2n) is 7.34. The first-order chi connectivity index (χ1) is 12.6. The molecule has 6 nitrogen and oxygen atoms in total. The van der Waals surface area contributed by atoms with Crippen LogP contribution < -0.4 is 10.2 Å². The van der Waals surface area contributed by atoms with Crippen molar-refractivity contribution in [1.82, 2.24) is 15.3 Å². The summed E-state index contributed by atoms with van der Waals surface area (Å²) < 4.78 is 5.94. The van der Waals surface area contributed by atoms with Crippen LogP contribution in [-0.4, -0.2) is 48.2 Å². The van der Waals surface area contributed by atoms with Gasteiger partial charge in [0.1, 0.15) is 0 Å². The molecule has 26 heavy (non-hydrogen) atoms. The quantitative estimate of drug-likeness (QED) is 0.765. The summed E-state index contributed by atoms with van der Waals surface area (Å²) >= 11 is 6.15. The van der Waals surface area contributed by atoms with Crippen LogP contribution in [0.4, 0.5) is 5.95 Å². The van der Waals surface area contributed by atoms with E-state index in [9.17, 15) is 4.79 Å². The number of aromatic nitrogens is 2. The minimum atomic E-state index is -0.268. The minimum absolute atomic E-state index is 0.244. The first-order valence-corrected chi connectivity index (χ1v) is 10.2. The first kappa shape index (κ1) is 19.4. The Bertz CT molecular complexity index is 607. The molecule has 2 aliphatic rings. The molecule has 0 radical (unpaired) electrons. The molecule has 0 spiro atoms. The zero-order valence-electron chi connectivity index (χ0n) is 15.5. The molecule has 1 amide bonds. The summed E-state index contributed by atoms with van der Waals surface area (Å²) in [6.07, 6.45) is 10.2. The largest absolute Gasteiger partial charge is 0.376 e. The van der Waals surface area contributed by atoms with Crippen molar-refractivity contribution in [2.45, 2.75) is 58.0 Å². The number of rotatable bonds is 6. The third-order valence-corrected chi connectivity index (χ3v) is 5.61. The monoisotopic (exact) mass is 380 g/mol. The summed E-state index contributed by atoms with van der Waals surface area (Å²) in [6, 6.07) is 0. The molecule has 1 aliphatic carbocycles. The molecule has 144 valence electrons. The lowest BCUT2D eigenvalue weighted by atomic mass is 9.88. The van der Waals surface area contributed by atoms with E-state index >= 15 is 0 Å². The van der Waals surface area contributed by atoms with E-state index in [4.69, 9.17) is 16.3 Å². The van der Waals surface area contributed by atoms with Gasteiger partial charge in [-0.15, -0.1) is 0 Å². The van der Waals surface area contributed by atoms with Gasteiger partial charge in [-0.2, -0.15) is 0 Å². The number of ether oxygens (including phenoxy) is 1. The number of carbonyl (C=O) groups excluding carboxylic acids is 1. The molecule has 1 saturated heterocycles. The van der Waals surface area contributed by atoms with E-state index in [1.807, 2.05) is 0 Å². The van der Waals surface area contributed by atoms with E-state index in [1.54, 1.807) is 0 Å². The highest BCUT2D eigenvalue weighted by Crippen LogP contribution is 2.26. The summed E-state index contributed by atoms with van der Waals surface area (Å²) in [5, 5.41) is 3.15. The topological polar surface area (TPSA) is 67.3 Å².